The SMILES string of the molecule is N#CC1=C(Br)C2CC1c1ccccc12. The fourth-order valence-corrected chi connectivity index (χ4v) is 3.43. The Balaban J connectivity index is 2.23. The Bertz CT molecular complexity index is 481. The number of rotatable bonds is 0. The average Bonchev–Trinajstić information content (AvgIpc) is 2.74. The molecule has 1 aromatic carbocycles. The van der Waals surface area contributed by atoms with Crippen molar-refractivity contribution in [3.8, 4) is 6.07 Å². The zero-order valence-electron chi connectivity index (χ0n) is 7.50. The summed E-state index contributed by atoms with van der Waals surface area (Å²) in [5.74, 6) is 0.807. The maximum Gasteiger partial charge on any atom is 0.0962 e. The second-order valence-electron chi connectivity index (χ2n) is 3.84. The van der Waals surface area contributed by atoms with Gasteiger partial charge < -0.3 is 0 Å². The minimum Gasteiger partial charge on any atom is -0.193 e. The van der Waals surface area contributed by atoms with Crippen LogP contribution >= 0.6 is 15.9 Å². The molecule has 0 saturated carbocycles. The molecule has 2 bridgehead atoms. The van der Waals surface area contributed by atoms with Crippen molar-refractivity contribution in [2.24, 2.45) is 0 Å². The molecule has 2 aliphatic rings. The Hall–Kier alpha value is -1.07. The van der Waals surface area contributed by atoms with Crippen LogP contribution < -0.4 is 0 Å². The second kappa shape index (κ2) is 2.71. The molecule has 2 atom stereocenters. The lowest BCUT2D eigenvalue weighted by Crippen LogP contribution is -1.99. The summed E-state index contributed by atoms with van der Waals surface area (Å²) in [4.78, 5) is 0. The van der Waals surface area contributed by atoms with Gasteiger partial charge in [0.25, 0.3) is 0 Å². The summed E-state index contributed by atoms with van der Waals surface area (Å²) < 4.78 is 1.11. The molecule has 0 fully saturated rings. The van der Waals surface area contributed by atoms with Crippen molar-refractivity contribution in [1.29, 1.82) is 5.26 Å². The van der Waals surface area contributed by atoms with E-state index in [4.69, 9.17) is 5.26 Å². The fourth-order valence-electron chi connectivity index (χ4n) is 2.63. The van der Waals surface area contributed by atoms with E-state index in [1.54, 1.807) is 0 Å². The Morgan fingerprint density at radius 3 is 2.50 bits per heavy atom. The lowest BCUT2D eigenvalue weighted by molar-refractivity contribution is 0.792. The van der Waals surface area contributed by atoms with Crippen LogP contribution in [0.4, 0.5) is 0 Å². The second-order valence-corrected chi connectivity index (χ2v) is 4.70. The van der Waals surface area contributed by atoms with Crippen LogP contribution in [0.1, 0.15) is 29.4 Å². The summed E-state index contributed by atoms with van der Waals surface area (Å²) in [5.41, 5.74) is 3.70. The summed E-state index contributed by atoms with van der Waals surface area (Å²) >= 11 is 3.55. The Morgan fingerprint density at radius 2 is 1.86 bits per heavy atom. The highest BCUT2D eigenvalue weighted by Gasteiger charge is 2.42. The number of hydrogen-bond donors (Lipinski definition) is 0. The maximum atomic E-state index is 9.05. The number of nitriles is 1. The Morgan fingerprint density at radius 1 is 1.21 bits per heavy atom. The molecule has 3 rings (SSSR count). The third kappa shape index (κ3) is 0.835. The van der Waals surface area contributed by atoms with Gasteiger partial charge >= 0.3 is 0 Å². The zero-order valence-corrected chi connectivity index (χ0v) is 9.08. The molecule has 14 heavy (non-hydrogen) atoms. The molecular formula is C12H8BrN. The van der Waals surface area contributed by atoms with Gasteiger partial charge in [0.15, 0.2) is 0 Å². The Labute approximate surface area is 91.2 Å². The molecule has 0 spiro atoms. The third-order valence-corrected chi connectivity index (χ3v) is 4.23. The van der Waals surface area contributed by atoms with Crippen molar-refractivity contribution in [3.05, 3.63) is 45.4 Å². The summed E-state index contributed by atoms with van der Waals surface area (Å²) in [6.07, 6.45) is 1.09. The van der Waals surface area contributed by atoms with Crippen LogP contribution in [0, 0.1) is 11.3 Å². The van der Waals surface area contributed by atoms with Crippen LogP contribution in [0.5, 0.6) is 0 Å². The van der Waals surface area contributed by atoms with E-state index >= 15 is 0 Å². The molecule has 2 unspecified atom stereocenters. The van der Waals surface area contributed by atoms with Crippen molar-refractivity contribution in [3.63, 3.8) is 0 Å². The molecule has 0 heterocycles. The van der Waals surface area contributed by atoms with Crippen LogP contribution in [-0.2, 0) is 0 Å². The van der Waals surface area contributed by atoms with Gasteiger partial charge in [-0.1, -0.05) is 40.2 Å². The zero-order chi connectivity index (χ0) is 9.71. The lowest BCUT2D eigenvalue weighted by Gasteiger charge is -2.14. The number of halogens is 1. The molecule has 1 nitrogen and oxygen atoms in total. The van der Waals surface area contributed by atoms with Crippen molar-refractivity contribution >= 4 is 15.9 Å². The van der Waals surface area contributed by atoms with Gasteiger partial charge in [0, 0.05) is 21.9 Å². The molecule has 2 heteroatoms. The van der Waals surface area contributed by atoms with Crippen molar-refractivity contribution in [2.75, 3.05) is 0 Å². The minimum atomic E-state index is 0.357. The first-order valence-electron chi connectivity index (χ1n) is 4.71. The first-order chi connectivity index (χ1) is 6.83. The predicted molar refractivity (Wildman–Crippen MR) is 58.1 cm³/mol. The number of fused-ring (bicyclic) bond motifs is 5. The first-order valence-corrected chi connectivity index (χ1v) is 5.50. The smallest absolute Gasteiger partial charge is 0.0962 e. The van der Waals surface area contributed by atoms with E-state index < -0.39 is 0 Å². The highest BCUT2D eigenvalue weighted by Crippen LogP contribution is 2.57. The van der Waals surface area contributed by atoms with Crippen molar-refractivity contribution in [1.82, 2.24) is 0 Å². The maximum absolute atomic E-state index is 9.05. The van der Waals surface area contributed by atoms with E-state index in [0.29, 0.717) is 11.8 Å². The highest BCUT2D eigenvalue weighted by molar-refractivity contribution is 9.11. The van der Waals surface area contributed by atoms with Crippen LogP contribution in [0.15, 0.2) is 34.3 Å². The molecule has 0 amide bonds. The van der Waals surface area contributed by atoms with E-state index in [2.05, 4.69) is 46.3 Å². The van der Waals surface area contributed by atoms with Crippen LogP contribution in [0.3, 0.4) is 0 Å². The number of benzene rings is 1. The molecule has 2 aliphatic carbocycles. The van der Waals surface area contributed by atoms with Crippen LogP contribution in [0.25, 0.3) is 0 Å². The van der Waals surface area contributed by atoms with E-state index in [0.717, 1.165) is 16.5 Å². The Kier molecular flexibility index (Phi) is 1.60. The van der Waals surface area contributed by atoms with Gasteiger partial charge in [-0.3, -0.25) is 0 Å². The van der Waals surface area contributed by atoms with Gasteiger partial charge in [-0.05, 0) is 17.5 Å². The van der Waals surface area contributed by atoms with Crippen LogP contribution in [0.2, 0.25) is 0 Å². The van der Waals surface area contributed by atoms with Crippen LogP contribution in [-0.4, -0.2) is 0 Å². The van der Waals surface area contributed by atoms with Gasteiger partial charge in [0.1, 0.15) is 0 Å². The largest absolute Gasteiger partial charge is 0.193 e. The minimum absolute atomic E-state index is 0.357. The molecule has 68 valence electrons. The normalized spacial score (nSPS) is 27.7. The molecule has 1 aromatic rings. The average molecular weight is 246 g/mol. The molecule has 0 aliphatic heterocycles. The number of nitrogens with zero attached hydrogens (tertiary/aromatic N) is 1. The van der Waals surface area contributed by atoms with Gasteiger partial charge in [-0.25, -0.2) is 0 Å². The molecule has 0 saturated heterocycles. The quantitative estimate of drug-likeness (QED) is 0.687. The number of hydrogen-bond acceptors (Lipinski definition) is 1. The van der Waals surface area contributed by atoms with Gasteiger partial charge in [-0.2, -0.15) is 5.26 Å². The van der Waals surface area contributed by atoms with Crippen molar-refractivity contribution in [2.45, 2.75) is 18.3 Å². The van der Waals surface area contributed by atoms with E-state index in [1.165, 1.54) is 11.1 Å². The fraction of sp³-hybridized carbons (Fsp3) is 0.250. The topological polar surface area (TPSA) is 23.8 Å². The molecule has 0 aromatic heterocycles. The van der Waals surface area contributed by atoms with E-state index in [1.807, 2.05) is 0 Å². The van der Waals surface area contributed by atoms with Gasteiger partial charge in [0.2, 0.25) is 0 Å². The van der Waals surface area contributed by atoms with Crippen molar-refractivity contribution < 1.29 is 0 Å². The monoisotopic (exact) mass is 245 g/mol. The lowest BCUT2D eigenvalue weighted by atomic mass is 9.92. The summed E-state index contributed by atoms with van der Waals surface area (Å²) in [6, 6.07) is 10.8. The van der Waals surface area contributed by atoms with Gasteiger partial charge in [0.05, 0.1) is 6.07 Å². The summed E-state index contributed by atoms with van der Waals surface area (Å²) in [5, 5.41) is 9.05. The first kappa shape index (κ1) is 8.26. The standard InChI is InChI=1S/C12H8BrN/c13-12-10-5-9(11(12)6-14)7-3-1-2-4-8(7)10/h1-4,9-10H,5H2. The molecular weight excluding hydrogens is 238 g/mol. The third-order valence-electron chi connectivity index (χ3n) is 3.25. The molecule has 0 N–H and O–H groups in total. The van der Waals surface area contributed by atoms with E-state index in [9.17, 15) is 0 Å². The highest BCUT2D eigenvalue weighted by atomic mass is 79.9. The summed E-state index contributed by atoms with van der Waals surface area (Å²) in [7, 11) is 0. The molecule has 0 radical (unpaired) electrons. The predicted octanol–water partition coefficient (Wildman–Crippen LogP) is 3.44. The van der Waals surface area contributed by atoms with E-state index in [-0.39, 0.29) is 0 Å². The van der Waals surface area contributed by atoms with Gasteiger partial charge in [-0.15, -0.1) is 0 Å². The number of allylic oxidation sites excluding steroid dienone is 2. The summed E-state index contributed by atoms with van der Waals surface area (Å²) in [6.45, 7) is 0.